The van der Waals surface area contributed by atoms with Crippen molar-refractivity contribution in [2.45, 2.75) is 28.7 Å². The van der Waals surface area contributed by atoms with Gasteiger partial charge in [0.2, 0.25) is 10.0 Å². The Kier molecular flexibility index (Phi) is 6.77. The van der Waals surface area contributed by atoms with Gasteiger partial charge in [0.15, 0.2) is 0 Å². The molecule has 1 aliphatic rings. The minimum absolute atomic E-state index is 0.136. The van der Waals surface area contributed by atoms with Gasteiger partial charge < -0.3 is 10.1 Å². The number of anilines is 1. The van der Waals surface area contributed by atoms with Gasteiger partial charge in [-0.2, -0.15) is 0 Å². The van der Waals surface area contributed by atoms with Crippen molar-refractivity contribution in [2.24, 2.45) is 0 Å². The summed E-state index contributed by atoms with van der Waals surface area (Å²) in [4.78, 5) is 13.8. The van der Waals surface area contributed by atoms with Crippen LogP contribution in [0.3, 0.4) is 0 Å². The van der Waals surface area contributed by atoms with E-state index in [1.165, 1.54) is 26.2 Å². The summed E-state index contributed by atoms with van der Waals surface area (Å²) in [6.45, 7) is 0.805. The lowest BCUT2D eigenvalue weighted by molar-refractivity contribution is 0.102. The van der Waals surface area contributed by atoms with Crippen LogP contribution < -0.4 is 5.32 Å². The third-order valence-corrected chi connectivity index (χ3v) is 7.47. The van der Waals surface area contributed by atoms with Gasteiger partial charge in [-0.25, -0.2) is 12.7 Å². The van der Waals surface area contributed by atoms with Gasteiger partial charge in [0.05, 0.1) is 16.6 Å². The van der Waals surface area contributed by atoms with Crippen LogP contribution in [0.25, 0.3) is 0 Å². The fourth-order valence-corrected chi connectivity index (χ4v) is 4.95. The van der Waals surface area contributed by atoms with Crippen LogP contribution in [0.2, 0.25) is 0 Å². The standard InChI is InChI=1S/C20H24N2O4S2/c1-22(2)28(24,25)17-9-5-7-15(13-17)21-20(23)18-10-3-4-11-19(18)27-14-16-8-6-12-26-16/h3-5,7,9-11,13,16H,6,8,12,14H2,1-2H3,(H,21,23)/t16-/m0/s1. The third-order valence-electron chi connectivity index (χ3n) is 4.45. The van der Waals surface area contributed by atoms with Crippen molar-refractivity contribution in [3.05, 3.63) is 54.1 Å². The van der Waals surface area contributed by atoms with E-state index in [-0.39, 0.29) is 16.9 Å². The van der Waals surface area contributed by atoms with E-state index in [0.717, 1.165) is 34.4 Å². The van der Waals surface area contributed by atoms with Crippen LogP contribution in [0.4, 0.5) is 5.69 Å². The van der Waals surface area contributed by atoms with Gasteiger partial charge in [0, 0.05) is 37.0 Å². The number of ether oxygens (including phenoxy) is 1. The van der Waals surface area contributed by atoms with Crippen LogP contribution in [-0.4, -0.2) is 51.2 Å². The van der Waals surface area contributed by atoms with Gasteiger partial charge in [-0.1, -0.05) is 18.2 Å². The smallest absolute Gasteiger partial charge is 0.256 e. The highest BCUT2D eigenvalue weighted by molar-refractivity contribution is 7.99. The van der Waals surface area contributed by atoms with Gasteiger partial charge in [-0.05, 0) is 43.2 Å². The minimum atomic E-state index is -3.56. The molecule has 0 spiro atoms. The zero-order valence-corrected chi connectivity index (χ0v) is 17.6. The molecule has 1 N–H and O–H groups in total. The van der Waals surface area contributed by atoms with Crippen molar-refractivity contribution in [2.75, 3.05) is 31.8 Å². The molecule has 1 heterocycles. The molecule has 8 heteroatoms. The number of nitrogens with zero attached hydrogens (tertiary/aromatic N) is 1. The number of amides is 1. The topological polar surface area (TPSA) is 75.7 Å². The third kappa shape index (κ3) is 4.94. The van der Waals surface area contributed by atoms with Gasteiger partial charge in [-0.15, -0.1) is 11.8 Å². The first kappa shape index (κ1) is 20.9. The molecule has 0 aliphatic carbocycles. The van der Waals surface area contributed by atoms with E-state index in [4.69, 9.17) is 4.74 Å². The Hall–Kier alpha value is -1.87. The van der Waals surface area contributed by atoms with Crippen molar-refractivity contribution in [3.8, 4) is 0 Å². The zero-order valence-electron chi connectivity index (χ0n) is 15.9. The van der Waals surface area contributed by atoms with Gasteiger partial charge in [-0.3, -0.25) is 4.79 Å². The molecule has 150 valence electrons. The first-order chi connectivity index (χ1) is 13.4. The first-order valence-electron chi connectivity index (χ1n) is 9.05. The van der Waals surface area contributed by atoms with E-state index in [1.54, 1.807) is 30.0 Å². The molecule has 1 fully saturated rings. The maximum Gasteiger partial charge on any atom is 0.256 e. The van der Waals surface area contributed by atoms with E-state index < -0.39 is 10.0 Å². The lowest BCUT2D eigenvalue weighted by Crippen LogP contribution is -2.22. The highest BCUT2D eigenvalue weighted by Crippen LogP contribution is 2.27. The molecule has 1 amide bonds. The van der Waals surface area contributed by atoms with Crippen molar-refractivity contribution in [1.82, 2.24) is 4.31 Å². The molecule has 0 unspecified atom stereocenters. The molecule has 6 nitrogen and oxygen atoms in total. The fourth-order valence-electron chi connectivity index (χ4n) is 2.88. The molecule has 0 bridgehead atoms. The van der Waals surface area contributed by atoms with E-state index in [1.807, 2.05) is 18.2 Å². The molecule has 2 aromatic carbocycles. The number of hydrogen-bond donors (Lipinski definition) is 1. The Balaban J connectivity index is 1.75. The summed E-state index contributed by atoms with van der Waals surface area (Å²) in [5.74, 6) is 0.538. The molecular formula is C20H24N2O4S2. The second-order valence-corrected chi connectivity index (χ2v) is 9.93. The van der Waals surface area contributed by atoms with Crippen molar-refractivity contribution >= 4 is 33.4 Å². The normalized spacial score (nSPS) is 17.0. The summed E-state index contributed by atoms with van der Waals surface area (Å²) in [6, 6.07) is 13.7. The molecule has 28 heavy (non-hydrogen) atoms. The Morgan fingerprint density at radius 3 is 2.71 bits per heavy atom. The highest BCUT2D eigenvalue weighted by atomic mass is 32.2. The average Bonchev–Trinajstić information content (AvgIpc) is 3.20. The fraction of sp³-hybridized carbons (Fsp3) is 0.350. The van der Waals surface area contributed by atoms with E-state index in [0.29, 0.717) is 11.3 Å². The second kappa shape index (κ2) is 9.09. The number of benzene rings is 2. The number of thioether (sulfide) groups is 1. The van der Waals surface area contributed by atoms with Crippen molar-refractivity contribution in [1.29, 1.82) is 0 Å². The molecular weight excluding hydrogens is 396 g/mol. The minimum Gasteiger partial charge on any atom is -0.377 e. The second-order valence-electron chi connectivity index (χ2n) is 6.71. The summed E-state index contributed by atoms with van der Waals surface area (Å²) >= 11 is 1.61. The van der Waals surface area contributed by atoms with Crippen LogP contribution in [0, 0.1) is 0 Å². The van der Waals surface area contributed by atoms with Crippen molar-refractivity contribution in [3.63, 3.8) is 0 Å². The maximum atomic E-state index is 12.8. The summed E-state index contributed by atoms with van der Waals surface area (Å²) in [6.07, 6.45) is 2.36. The summed E-state index contributed by atoms with van der Waals surface area (Å²) in [5.41, 5.74) is 0.998. The number of nitrogens with one attached hydrogen (secondary N) is 1. The SMILES string of the molecule is CN(C)S(=O)(=O)c1cccc(NC(=O)c2ccccc2SC[C@@H]2CCCO2)c1. The van der Waals surface area contributed by atoms with Crippen molar-refractivity contribution < 1.29 is 17.9 Å². The monoisotopic (exact) mass is 420 g/mol. The number of carbonyl (C=O) groups excluding carboxylic acids is 1. The summed E-state index contributed by atoms with van der Waals surface area (Å²) < 4.78 is 31.4. The summed E-state index contributed by atoms with van der Waals surface area (Å²) in [5, 5.41) is 2.81. The predicted molar refractivity (Wildman–Crippen MR) is 111 cm³/mol. The van der Waals surface area contributed by atoms with Crippen LogP contribution in [0.5, 0.6) is 0 Å². The van der Waals surface area contributed by atoms with Crippen LogP contribution in [-0.2, 0) is 14.8 Å². The molecule has 1 aliphatic heterocycles. The van der Waals surface area contributed by atoms with Gasteiger partial charge >= 0.3 is 0 Å². The van der Waals surface area contributed by atoms with Gasteiger partial charge in [0.1, 0.15) is 0 Å². The Bertz CT molecular complexity index is 939. The van der Waals surface area contributed by atoms with Gasteiger partial charge in [0.25, 0.3) is 5.91 Å². The average molecular weight is 421 g/mol. The number of rotatable bonds is 7. The molecule has 1 saturated heterocycles. The predicted octanol–water partition coefficient (Wildman–Crippen LogP) is 3.46. The Morgan fingerprint density at radius 2 is 2.00 bits per heavy atom. The van der Waals surface area contributed by atoms with E-state index >= 15 is 0 Å². The Morgan fingerprint density at radius 1 is 1.21 bits per heavy atom. The van der Waals surface area contributed by atoms with Crippen LogP contribution in [0.15, 0.2) is 58.3 Å². The largest absolute Gasteiger partial charge is 0.377 e. The Labute approximate surface area is 170 Å². The lowest BCUT2D eigenvalue weighted by Gasteiger charge is -2.14. The number of carbonyl (C=O) groups is 1. The number of sulfonamides is 1. The molecule has 3 rings (SSSR count). The first-order valence-corrected chi connectivity index (χ1v) is 11.5. The molecule has 0 radical (unpaired) electrons. The molecule has 0 aromatic heterocycles. The number of hydrogen-bond acceptors (Lipinski definition) is 5. The quantitative estimate of drug-likeness (QED) is 0.694. The molecule has 2 aromatic rings. The molecule has 0 saturated carbocycles. The van der Waals surface area contributed by atoms with Crippen LogP contribution >= 0.6 is 11.8 Å². The zero-order chi connectivity index (χ0) is 20.1. The molecule has 1 atom stereocenters. The van der Waals surface area contributed by atoms with E-state index in [9.17, 15) is 13.2 Å². The van der Waals surface area contributed by atoms with E-state index in [2.05, 4.69) is 5.32 Å². The maximum absolute atomic E-state index is 12.8. The van der Waals surface area contributed by atoms with Crippen LogP contribution in [0.1, 0.15) is 23.2 Å². The summed E-state index contributed by atoms with van der Waals surface area (Å²) in [7, 11) is -0.613. The lowest BCUT2D eigenvalue weighted by atomic mass is 10.2. The highest BCUT2D eigenvalue weighted by Gasteiger charge is 2.20.